The summed E-state index contributed by atoms with van der Waals surface area (Å²) in [5, 5.41) is 11.1. The number of allylic oxidation sites excluding steroid dienone is 1. The van der Waals surface area contributed by atoms with Gasteiger partial charge in [-0.25, -0.2) is 13.2 Å². The number of nitrogens with zero attached hydrogens (tertiary/aromatic N) is 2. The molecule has 0 aromatic heterocycles. The number of para-hydroxylation sites is 1. The lowest BCUT2D eigenvalue weighted by atomic mass is 10.2. The van der Waals surface area contributed by atoms with Gasteiger partial charge in [-0.1, -0.05) is 24.0 Å². The Morgan fingerprint density at radius 3 is 2.53 bits per heavy atom. The van der Waals surface area contributed by atoms with Crippen molar-refractivity contribution in [3.8, 4) is 11.8 Å². The van der Waals surface area contributed by atoms with Gasteiger partial charge in [0.1, 0.15) is 5.57 Å². The summed E-state index contributed by atoms with van der Waals surface area (Å²) in [6.45, 7) is -0.0601. The van der Waals surface area contributed by atoms with Gasteiger partial charge in [-0.05, 0) is 13.0 Å². The molecular weight excluding hydrogens is 431 g/mol. The number of carbonyl (C=O) groups is 1. The van der Waals surface area contributed by atoms with Crippen LogP contribution in [0.5, 0.6) is 0 Å². The number of benzene rings is 1. The average molecular weight is 449 g/mol. The van der Waals surface area contributed by atoms with Crippen LogP contribution in [0.3, 0.4) is 0 Å². The minimum Gasteiger partial charge on any atom is -0.463 e. The summed E-state index contributed by atoms with van der Waals surface area (Å²) in [6.07, 6.45) is -4.82. The summed E-state index contributed by atoms with van der Waals surface area (Å²) in [6, 6.07) is 4.49. The monoisotopic (exact) mass is 449 g/mol. The standard InChI is InChI=1S/C17H18F3N3O6S/c1-2-29-16(24)12-13(17(18,19)20)6-5-10-22(11-9-21)30(27,28)15-8-4-3-7-14(15)23(25)26/h3-4,7-8,12H,2,9-11,21H2,1H3/b13-12+. The topological polar surface area (TPSA) is 133 Å². The number of sulfonamides is 1. The fourth-order valence-corrected chi connectivity index (χ4v) is 3.62. The molecule has 0 spiro atoms. The van der Waals surface area contributed by atoms with E-state index >= 15 is 0 Å². The molecule has 0 bridgehead atoms. The number of alkyl halides is 3. The Bertz CT molecular complexity index is 980. The number of nitro groups is 1. The third-order valence-electron chi connectivity index (χ3n) is 3.39. The summed E-state index contributed by atoms with van der Waals surface area (Å²) in [5.74, 6) is 2.47. The van der Waals surface area contributed by atoms with Crippen molar-refractivity contribution >= 4 is 21.7 Å². The Morgan fingerprint density at radius 2 is 2.00 bits per heavy atom. The summed E-state index contributed by atoms with van der Waals surface area (Å²) in [7, 11) is -4.49. The van der Waals surface area contributed by atoms with E-state index in [-0.39, 0.29) is 25.8 Å². The van der Waals surface area contributed by atoms with E-state index in [2.05, 4.69) is 4.74 Å². The molecular formula is C17H18F3N3O6S. The molecule has 30 heavy (non-hydrogen) atoms. The zero-order chi connectivity index (χ0) is 22.9. The second kappa shape index (κ2) is 10.7. The van der Waals surface area contributed by atoms with Gasteiger partial charge in [-0.15, -0.1) is 0 Å². The number of hydrogen-bond acceptors (Lipinski definition) is 7. The predicted molar refractivity (Wildman–Crippen MR) is 99.5 cm³/mol. The summed E-state index contributed by atoms with van der Waals surface area (Å²) in [5.41, 5.74) is 3.13. The molecule has 0 heterocycles. The number of carbonyl (C=O) groups excluding carboxylic acids is 1. The lowest BCUT2D eigenvalue weighted by Gasteiger charge is -2.19. The van der Waals surface area contributed by atoms with Crippen LogP contribution in [0, 0.1) is 22.0 Å². The number of rotatable bonds is 8. The van der Waals surface area contributed by atoms with Crippen molar-refractivity contribution in [2.24, 2.45) is 5.73 Å². The molecule has 0 aliphatic rings. The summed E-state index contributed by atoms with van der Waals surface area (Å²) < 4.78 is 69.6. The second-order valence-electron chi connectivity index (χ2n) is 5.46. The van der Waals surface area contributed by atoms with Crippen molar-refractivity contribution in [1.82, 2.24) is 4.31 Å². The zero-order valence-electron chi connectivity index (χ0n) is 15.7. The molecule has 1 aromatic rings. The molecule has 13 heteroatoms. The van der Waals surface area contributed by atoms with Crippen LogP contribution in [0.15, 0.2) is 40.8 Å². The minimum absolute atomic E-state index is 0.147. The maximum absolute atomic E-state index is 13.0. The molecule has 2 N–H and O–H groups in total. The SMILES string of the molecule is CCOC(=O)/C=C(\C#CCN(CCN)S(=O)(=O)c1ccccc1[N+](=O)[O-])C(F)(F)F. The first-order chi connectivity index (χ1) is 13.9. The van der Waals surface area contributed by atoms with Gasteiger partial charge < -0.3 is 10.5 Å². The molecule has 0 aliphatic heterocycles. The number of ether oxygens (including phenoxy) is 1. The van der Waals surface area contributed by atoms with Crippen molar-refractivity contribution in [1.29, 1.82) is 0 Å². The van der Waals surface area contributed by atoms with Crippen molar-refractivity contribution < 1.29 is 36.0 Å². The van der Waals surface area contributed by atoms with E-state index in [1.54, 1.807) is 5.92 Å². The highest BCUT2D eigenvalue weighted by Crippen LogP contribution is 2.27. The molecule has 1 rings (SSSR count). The van der Waals surface area contributed by atoms with Crippen LogP contribution >= 0.6 is 0 Å². The Balaban J connectivity index is 3.29. The molecule has 0 fully saturated rings. The van der Waals surface area contributed by atoms with E-state index in [4.69, 9.17) is 5.73 Å². The zero-order valence-corrected chi connectivity index (χ0v) is 16.5. The van der Waals surface area contributed by atoms with Gasteiger partial charge in [-0.2, -0.15) is 17.5 Å². The van der Waals surface area contributed by atoms with Gasteiger partial charge in [-0.3, -0.25) is 10.1 Å². The van der Waals surface area contributed by atoms with Crippen molar-refractivity contribution in [2.75, 3.05) is 26.2 Å². The minimum atomic E-state index is -4.98. The quantitative estimate of drug-likeness (QED) is 0.210. The number of hydrogen-bond donors (Lipinski definition) is 1. The van der Waals surface area contributed by atoms with E-state index in [1.165, 1.54) is 19.1 Å². The van der Waals surface area contributed by atoms with E-state index in [0.29, 0.717) is 4.31 Å². The van der Waals surface area contributed by atoms with Gasteiger partial charge >= 0.3 is 12.1 Å². The maximum atomic E-state index is 13.0. The van der Waals surface area contributed by atoms with Gasteiger partial charge in [0.25, 0.3) is 15.7 Å². The Morgan fingerprint density at radius 1 is 1.37 bits per heavy atom. The highest BCUT2D eigenvalue weighted by atomic mass is 32.2. The number of halogens is 3. The highest BCUT2D eigenvalue weighted by molar-refractivity contribution is 7.89. The molecule has 0 saturated heterocycles. The molecule has 1 aromatic carbocycles. The first kappa shape index (κ1) is 25.1. The van der Waals surface area contributed by atoms with Crippen LogP contribution < -0.4 is 5.73 Å². The van der Waals surface area contributed by atoms with Crippen LogP contribution in [0.25, 0.3) is 0 Å². The van der Waals surface area contributed by atoms with Crippen LogP contribution in [0.4, 0.5) is 18.9 Å². The lowest BCUT2D eigenvalue weighted by molar-refractivity contribution is -0.387. The molecule has 0 radical (unpaired) electrons. The molecule has 9 nitrogen and oxygen atoms in total. The molecule has 0 amide bonds. The third-order valence-corrected chi connectivity index (χ3v) is 5.28. The molecule has 0 aliphatic carbocycles. The molecule has 0 saturated carbocycles. The molecule has 164 valence electrons. The first-order valence-corrected chi connectivity index (χ1v) is 9.77. The van der Waals surface area contributed by atoms with E-state index in [1.807, 2.05) is 5.92 Å². The van der Waals surface area contributed by atoms with Crippen molar-refractivity contribution in [3.63, 3.8) is 0 Å². The van der Waals surface area contributed by atoms with Crippen LogP contribution in [-0.4, -0.2) is 56.0 Å². The van der Waals surface area contributed by atoms with Crippen molar-refractivity contribution in [2.45, 2.75) is 18.0 Å². The van der Waals surface area contributed by atoms with E-state index in [9.17, 15) is 36.5 Å². The Kier molecular flexibility index (Phi) is 8.96. The summed E-state index contributed by atoms with van der Waals surface area (Å²) in [4.78, 5) is 20.9. The normalized spacial score (nSPS) is 12.3. The third kappa shape index (κ3) is 6.83. The fraction of sp³-hybridized carbons (Fsp3) is 0.353. The molecule has 0 unspecified atom stereocenters. The highest BCUT2D eigenvalue weighted by Gasteiger charge is 2.34. The van der Waals surface area contributed by atoms with Crippen molar-refractivity contribution in [3.05, 3.63) is 46.0 Å². The maximum Gasteiger partial charge on any atom is 0.424 e. The average Bonchev–Trinajstić information content (AvgIpc) is 2.65. The van der Waals surface area contributed by atoms with Gasteiger partial charge in [0, 0.05) is 25.2 Å². The van der Waals surface area contributed by atoms with Crippen LogP contribution in [0.1, 0.15) is 6.92 Å². The predicted octanol–water partition coefficient (Wildman–Crippen LogP) is 1.60. The smallest absolute Gasteiger partial charge is 0.424 e. The van der Waals surface area contributed by atoms with E-state index < -0.39 is 49.8 Å². The largest absolute Gasteiger partial charge is 0.463 e. The molecule has 0 atom stereocenters. The first-order valence-electron chi connectivity index (χ1n) is 8.33. The Labute approximate surface area is 170 Å². The van der Waals surface area contributed by atoms with Gasteiger partial charge in [0.05, 0.1) is 18.1 Å². The van der Waals surface area contributed by atoms with Crippen LogP contribution in [0.2, 0.25) is 0 Å². The number of esters is 1. The van der Waals surface area contributed by atoms with Gasteiger partial charge in [0.15, 0.2) is 4.90 Å². The fourth-order valence-electron chi connectivity index (χ4n) is 2.11. The van der Waals surface area contributed by atoms with E-state index in [0.717, 1.165) is 12.1 Å². The Hall–Kier alpha value is -2.95. The lowest BCUT2D eigenvalue weighted by Crippen LogP contribution is -2.36. The van der Waals surface area contributed by atoms with Crippen LogP contribution in [-0.2, 0) is 19.6 Å². The summed E-state index contributed by atoms with van der Waals surface area (Å²) >= 11 is 0. The number of nitro benzene ring substituents is 1. The second-order valence-corrected chi connectivity index (χ2v) is 7.37. The number of nitrogens with two attached hydrogens (primary N) is 1. The van der Waals surface area contributed by atoms with Gasteiger partial charge in [0.2, 0.25) is 0 Å².